The van der Waals surface area contributed by atoms with E-state index < -0.39 is 0 Å². The van der Waals surface area contributed by atoms with E-state index >= 15 is 0 Å². The lowest BCUT2D eigenvalue weighted by Crippen LogP contribution is -2.15. The molecule has 2 nitrogen and oxygen atoms in total. The number of nitrogens with zero attached hydrogens (tertiary/aromatic N) is 1. The van der Waals surface area contributed by atoms with E-state index in [-0.39, 0.29) is 0 Å². The third-order valence-electron chi connectivity index (χ3n) is 1.73. The summed E-state index contributed by atoms with van der Waals surface area (Å²) in [5.41, 5.74) is 1.14. The SMILES string of the molecule is Brc1csnc1CNC1CC1. The zero-order chi connectivity index (χ0) is 7.68. The third kappa shape index (κ3) is 2.01. The Kier molecular flexibility index (Phi) is 2.25. The van der Waals surface area contributed by atoms with Crippen LogP contribution in [-0.2, 0) is 6.54 Å². The Morgan fingerprint density at radius 1 is 1.73 bits per heavy atom. The van der Waals surface area contributed by atoms with Crippen molar-refractivity contribution in [1.82, 2.24) is 9.69 Å². The van der Waals surface area contributed by atoms with E-state index in [2.05, 4.69) is 25.6 Å². The number of halogens is 1. The van der Waals surface area contributed by atoms with Crippen LogP contribution >= 0.6 is 27.5 Å². The molecule has 0 bridgehead atoms. The second kappa shape index (κ2) is 3.21. The molecule has 0 amide bonds. The first-order valence-corrected chi connectivity index (χ1v) is 5.31. The summed E-state index contributed by atoms with van der Waals surface area (Å²) in [7, 11) is 0. The summed E-state index contributed by atoms with van der Waals surface area (Å²) in [5.74, 6) is 0. The zero-order valence-corrected chi connectivity index (χ0v) is 8.41. The molecule has 1 fully saturated rings. The van der Waals surface area contributed by atoms with Crippen LogP contribution in [0.2, 0.25) is 0 Å². The maximum atomic E-state index is 4.25. The molecule has 0 aromatic carbocycles. The van der Waals surface area contributed by atoms with Gasteiger partial charge in [-0.2, -0.15) is 4.37 Å². The highest BCUT2D eigenvalue weighted by molar-refractivity contribution is 9.10. The van der Waals surface area contributed by atoms with Gasteiger partial charge in [-0.3, -0.25) is 0 Å². The Balaban J connectivity index is 1.89. The van der Waals surface area contributed by atoms with E-state index in [0.29, 0.717) is 0 Å². The molecule has 2 rings (SSSR count). The highest BCUT2D eigenvalue weighted by atomic mass is 79.9. The fourth-order valence-corrected chi connectivity index (χ4v) is 2.06. The van der Waals surface area contributed by atoms with Crippen molar-refractivity contribution in [2.75, 3.05) is 0 Å². The smallest absolute Gasteiger partial charge is 0.0821 e. The number of aromatic nitrogens is 1. The molecule has 0 spiro atoms. The van der Waals surface area contributed by atoms with E-state index in [9.17, 15) is 0 Å². The van der Waals surface area contributed by atoms with Gasteiger partial charge in [0.1, 0.15) is 0 Å². The van der Waals surface area contributed by atoms with Crippen LogP contribution in [0.3, 0.4) is 0 Å². The molecule has 11 heavy (non-hydrogen) atoms. The normalized spacial score (nSPS) is 17.2. The standard InChI is InChI=1S/C7H9BrN2S/c8-6-4-11-10-7(6)3-9-5-1-2-5/h4-5,9H,1-3H2. The van der Waals surface area contributed by atoms with Gasteiger partial charge in [0.15, 0.2) is 0 Å². The summed E-state index contributed by atoms with van der Waals surface area (Å²) in [5, 5.41) is 5.43. The quantitative estimate of drug-likeness (QED) is 0.865. The molecule has 1 heterocycles. The van der Waals surface area contributed by atoms with Crippen LogP contribution in [0, 0.1) is 0 Å². The van der Waals surface area contributed by atoms with Gasteiger partial charge in [-0.1, -0.05) is 0 Å². The molecular weight excluding hydrogens is 224 g/mol. The Morgan fingerprint density at radius 3 is 3.09 bits per heavy atom. The van der Waals surface area contributed by atoms with E-state index in [0.717, 1.165) is 22.8 Å². The second-order valence-corrected chi connectivity index (χ2v) is 4.25. The van der Waals surface area contributed by atoms with Gasteiger partial charge in [-0.25, -0.2) is 0 Å². The molecule has 1 saturated carbocycles. The van der Waals surface area contributed by atoms with Gasteiger partial charge in [-0.05, 0) is 40.3 Å². The molecule has 1 aromatic rings. The lowest BCUT2D eigenvalue weighted by Gasteiger charge is -1.98. The summed E-state index contributed by atoms with van der Waals surface area (Å²) in [6, 6.07) is 0.767. The van der Waals surface area contributed by atoms with Crippen molar-refractivity contribution < 1.29 is 0 Å². The summed E-state index contributed by atoms with van der Waals surface area (Å²) in [6.45, 7) is 0.911. The number of hydrogen-bond acceptors (Lipinski definition) is 3. The van der Waals surface area contributed by atoms with Gasteiger partial charge < -0.3 is 5.32 Å². The highest BCUT2D eigenvalue weighted by Crippen LogP contribution is 2.21. The number of hydrogen-bond donors (Lipinski definition) is 1. The van der Waals surface area contributed by atoms with E-state index in [1.807, 2.05) is 5.38 Å². The van der Waals surface area contributed by atoms with Crippen molar-refractivity contribution >= 4 is 27.5 Å². The second-order valence-electron chi connectivity index (χ2n) is 2.76. The minimum absolute atomic E-state index is 0.767. The monoisotopic (exact) mass is 232 g/mol. The largest absolute Gasteiger partial charge is 0.308 e. The van der Waals surface area contributed by atoms with Gasteiger partial charge in [-0.15, -0.1) is 0 Å². The van der Waals surface area contributed by atoms with Gasteiger partial charge in [0.05, 0.1) is 10.2 Å². The van der Waals surface area contributed by atoms with Gasteiger partial charge in [0.2, 0.25) is 0 Å². The molecule has 0 aliphatic heterocycles. The van der Waals surface area contributed by atoms with E-state index in [1.54, 1.807) is 0 Å². The highest BCUT2D eigenvalue weighted by Gasteiger charge is 2.20. The predicted octanol–water partition coefficient (Wildman–Crippen LogP) is 2.16. The average Bonchev–Trinajstić information content (AvgIpc) is 2.73. The van der Waals surface area contributed by atoms with Gasteiger partial charge in [0.25, 0.3) is 0 Å². The molecule has 60 valence electrons. The summed E-state index contributed by atoms with van der Waals surface area (Å²) < 4.78 is 5.38. The molecule has 4 heteroatoms. The van der Waals surface area contributed by atoms with Crippen LogP contribution in [0.1, 0.15) is 18.5 Å². The lowest BCUT2D eigenvalue weighted by molar-refractivity contribution is 0.677. The van der Waals surface area contributed by atoms with Crippen molar-refractivity contribution in [3.63, 3.8) is 0 Å². The first-order valence-electron chi connectivity index (χ1n) is 3.68. The lowest BCUT2D eigenvalue weighted by atomic mass is 10.4. The molecule has 0 atom stereocenters. The number of rotatable bonds is 3. The first kappa shape index (κ1) is 7.71. The number of nitrogens with one attached hydrogen (secondary N) is 1. The van der Waals surface area contributed by atoms with E-state index in [1.165, 1.54) is 24.4 Å². The molecule has 1 aliphatic carbocycles. The molecule has 0 unspecified atom stereocenters. The van der Waals surface area contributed by atoms with Crippen molar-refractivity contribution in [2.45, 2.75) is 25.4 Å². The summed E-state index contributed by atoms with van der Waals surface area (Å²) >= 11 is 4.95. The maximum Gasteiger partial charge on any atom is 0.0821 e. The molecular formula is C7H9BrN2S. The fraction of sp³-hybridized carbons (Fsp3) is 0.571. The van der Waals surface area contributed by atoms with Crippen LogP contribution < -0.4 is 5.32 Å². The zero-order valence-electron chi connectivity index (χ0n) is 6.01. The van der Waals surface area contributed by atoms with Crippen LogP contribution in [0.25, 0.3) is 0 Å². The minimum atomic E-state index is 0.767. The Morgan fingerprint density at radius 2 is 2.55 bits per heavy atom. The third-order valence-corrected chi connectivity index (χ3v) is 3.39. The molecule has 1 N–H and O–H groups in total. The van der Waals surface area contributed by atoms with Crippen LogP contribution in [-0.4, -0.2) is 10.4 Å². The molecule has 1 aromatic heterocycles. The molecule has 0 radical (unpaired) electrons. The predicted molar refractivity (Wildman–Crippen MR) is 49.7 cm³/mol. The Labute approximate surface area is 78.3 Å². The van der Waals surface area contributed by atoms with Gasteiger partial charge >= 0.3 is 0 Å². The Bertz CT molecular complexity index is 244. The van der Waals surface area contributed by atoms with Crippen LogP contribution in [0.5, 0.6) is 0 Å². The van der Waals surface area contributed by atoms with E-state index in [4.69, 9.17) is 0 Å². The average molecular weight is 233 g/mol. The first-order chi connectivity index (χ1) is 5.36. The molecule has 0 saturated heterocycles. The summed E-state index contributed by atoms with van der Waals surface area (Å²) in [6.07, 6.45) is 2.67. The minimum Gasteiger partial charge on any atom is -0.308 e. The summed E-state index contributed by atoms with van der Waals surface area (Å²) in [4.78, 5) is 0. The van der Waals surface area contributed by atoms with Crippen LogP contribution in [0.15, 0.2) is 9.85 Å². The van der Waals surface area contributed by atoms with Crippen molar-refractivity contribution in [1.29, 1.82) is 0 Å². The van der Waals surface area contributed by atoms with Gasteiger partial charge in [0, 0.05) is 18.0 Å². The molecule has 1 aliphatic rings. The van der Waals surface area contributed by atoms with Crippen molar-refractivity contribution in [3.8, 4) is 0 Å². The fourth-order valence-electron chi connectivity index (χ4n) is 0.893. The Hall–Kier alpha value is 0.0700. The van der Waals surface area contributed by atoms with Crippen LogP contribution in [0.4, 0.5) is 0 Å². The maximum absolute atomic E-state index is 4.25. The van der Waals surface area contributed by atoms with Crippen molar-refractivity contribution in [3.05, 3.63) is 15.5 Å². The van der Waals surface area contributed by atoms with Crippen molar-refractivity contribution in [2.24, 2.45) is 0 Å². The topological polar surface area (TPSA) is 24.9 Å².